The molecule has 0 saturated carbocycles. The summed E-state index contributed by atoms with van der Waals surface area (Å²) in [5.74, 6) is -1.44. The number of carboxylic acid groups (broad SMARTS) is 1. The lowest BCUT2D eigenvalue weighted by atomic mass is 10.00. The van der Waals surface area contributed by atoms with E-state index >= 15 is 0 Å². The molecule has 0 aliphatic heterocycles. The maximum Gasteiger partial charge on any atom is 0.336 e. The molecular formula is C13H8ClFO2. The van der Waals surface area contributed by atoms with Crippen LogP contribution in [0.3, 0.4) is 0 Å². The standard InChI is InChI=1S/C13H8ClFO2/c14-11-3-1-2-10(13(16)17)12(11)8-4-6-9(15)7-5-8/h1-7H,(H,16,17). The Morgan fingerprint density at radius 3 is 2.35 bits per heavy atom. The van der Waals surface area contributed by atoms with Gasteiger partial charge in [-0.3, -0.25) is 0 Å². The van der Waals surface area contributed by atoms with E-state index in [1.54, 1.807) is 12.1 Å². The predicted octanol–water partition coefficient (Wildman–Crippen LogP) is 3.84. The van der Waals surface area contributed by atoms with E-state index in [0.717, 1.165) is 0 Å². The van der Waals surface area contributed by atoms with Gasteiger partial charge < -0.3 is 5.11 Å². The summed E-state index contributed by atoms with van der Waals surface area (Å²) in [5.41, 5.74) is 1.08. The first-order valence-electron chi connectivity index (χ1n) is 4.87. The van der Waals surface area contributed by atoms with Crippen molar-refractivity contribution in [1.29, 1.82) is 0 Å². The summed E-state index contributed by atoms with van der Waals surface area (Å²) in [4.78, 5) is 11.1. The summed E-state index contributed by atoms with van der Waals surface area (Å²) in [7, 11) is 0. The van der Waals surface area contributed by atoms with Gasteiger partial charge in [-0.1, -0.05) is 29.8 Å². The van der Waals surface area contributed by atoms with Gasteiger partial charge in [0.25, 0.3) is 0 Å². The molecule has 0 spiro atoms. The molecule has 1 N–H and O–H groups in total. The van der Waals surface area contributed by atoms with Gasteiger partial charge in [-0.15, -0.1) is 0 Å². The van der Waals surface area contributed by atoms with Gasteiger partial charge in [0, 0.05) is 10.6 Å². The molecule has 2 aromatic rings. The van der Waals surface area contributed by atoms with E-state index in [4.69, 9.17) is 16.7 Å². The largest absolute Gasteiger partial charge is 0.478 e. The number of benzene rings is 2. The van der Waals surface area contributed by atoms with Gasteiger partial charge in [0.15, 0.2) is 0 Å². The number of hydrogen-bond acceptors (Lipinski definition) is 1. The number of carbonyl (C=O) groups is 1. The zero-order chi connectivity index (χ0) is 12.4. The van der Waals surface area contributed by atoms with Crippen LogP contribution in [0.1, 0.15) is 10.4 Å². The molecule has 0 aromatic heterocycles. The molecule has 0 heterocycles. The van der Waals surface area contributed by atoms with E-state index in [0.29, 0.717) is 16.1 Å². The predicted molar refractivity (Wildman–Crippen MR) is 63.8 cm³/mol. The second-order valence-electron chi connectivity index (χ2n) is 3.47. The third-order valence-corrected chi connectivity index (χ3v) is 2.69. The summed E-state index contributed by atoms with van der Waals surface area (Å²) in [6.45, 7) is 0. The molecule has 0 bridgehead atoms. The summed E-state index contributed by atoms with van der Waals surface area (Å²) < 4.78 is 12.8. The fourth-order valence-electron chi connectivity index (χ4n) is 1.61. The zero-order valence-corrected chi connectivity index (χ0v) is 9.41. The molecule has 2 nitrogen and oxygen atoms in total. The fourth-order valence-corrected chi connectivity index (χ4v) is 1.90. The molecule has 17 heavy (non-hydrogen) atoms. The Balaban J connectivity index is 2.65. The van der Waals surface area contributed by atoms with Crippen molar-refractivity contribution in [3.63, 3.8) is 0 Å². The van der Waals surface area contributed by atoms with E-state index in [1.807, 2.05) is 0 Å². The molecule has 0 aliphatic rings. The first-order valence-corrected chi connectivity index (χ1v) is 5.25. The van der Waals surface area contributed by atoms with Crippen molar-refractivity contribution in [2.24, 2.45) is 0 Å². The fraction of sp³-hybridized carbons (Fsp3) is 0. The molecule has 4 heteroatoms. The molecule has 0 unspecified atom stereocenters. The smallest absolute Gasteiger partial charge is 0.336 e. The van der Waals surface area contributed by atoms with Crippen molar-refractivity contribution in [2.45, 2.75) is 0 Å². The lowest BCUT2D eigenvalue weighted by Gasteiger charge is -2.08. The average Bonchev–Trinajstić information content (AvgIpc) is 2.30. The van der Waals surface area contributed by atoms with Crippen molar-refractivity contribution in [3.05, 3.63) is 58.9 Å². The van der Waals surface area contributed by atoms with Crippen molar-refractivity contribution < 1.29 is 14.3 Å². The Morgan fingerprint density at radius 1 is 1.12 bits per heavy atom. The monoisotopic (exact) mass is 250 g/mol. The number of hydrogen-bond donors (Lipinski definition) is 1. The van der Waals surface area contributed by atoms with Gasteiger partial charge in [-0.25, -0.2) is 9.18 Å². The maximum atomic E-state index is 12.8. The minimum absolute atomic E-state index is 0.101. The van der Waals surface area contributed by atoms with Crippen LogP contribution in [0.15, 0.2) is 42.5 Å². The molecule has 0 aliphatic carbocycles. The Bertz CT molecular complexity index is 564. The second-order valence-corrected chi connectivity index (χ2v) is 3.88. The minimum Gasteiger partial charge on any atom is -0.478 e. The summed E-state index contributed by atoms with van der Waals surface area (Å²) in [6.07, 6.45) is 0. The van der Waals surface area contributed by atoms with E-state index in [1.165, 1.54) is 30.3 Å². The molecule has 2 aromatic carbocycles. The lowest BCUT2D eigenvalue weighted by molar-refractivity contribution is 0.0697. The summed E-state index contributed by atoms with van der Waals surface area (Å²) in [5, 5.41) is 9.40. The minimum atomic E-state index is -1.06. The van der Waals surface area contributed by atoms with Crippen LogP contribution in [0.5, 0.6) is 0 Å². The maximum absolute atomic E-state index is 12.8. The first-order chi connectivity index (χ1) is 8.09. The van der Waals surface area contributed by atoms with Crippen LogP contribution >= 0.6 is 11.6 Å². The van der Waals surface area contributed by atoms with E-state index < -0.39 is 5.97 Å². The van der Waals surface area contributed by atoms with Gasteiger partial charge in [0.05, 0.1) is 5.56 Å². The third kappa shape index (κ3) is 2.29. The van der Waals surface area contributed by atoms with Gasteiger partial charge >= 0.3 is 5.97 Å². The highest BCUT2D eigenvalue weighted by Gasteiger charge is 2.14. The van der Waals surface area contributed by atoms with Gasteiger partial charge in [-0.2, -0.15) is 0 Å². The molecule has 0 atom stereocenters. The highest BCUT2D eigenvalue weighted by Crippen LogP contribution is 2.31. The zero-order valence-electron chi connectivity index (χ0n) is 8.65. The molecule has 0 amide bonds. The molecule has 2 rings (SSSR count). The van der Waals surface area contributed by atoms with Crippen LogP contribution in [-0.2, 0) is 0 Å². The normalized spacial score (nSPS) is 10.2. The van der Waals surface area contributed by atoms with Crippen LogP contribution in [0, 0.1) is 5.82 Å². The van der Waals surface area contributed by atoms with Crippen molar-refractivity contribution in [3.8, 4) is 11.1 Å². The van der Waals surface area contributed by atoms with Gasteiger partial charge in [0.1, 0.15) is 5.82 Å². The molecular weight excluding hydrogens is 243 g/mol. The number of carboxylic acids is 1. The second kappa shape index (κ2) is 4.55. The number of aromatic carboxylic acids is 1. The Kier molecular flexibility index (Phi) is 3.11. The Hall–Kier alpha value is -1.87. The van der Waals surface area contributed by atoms with Crippen LogP contribution in [-0.4, -0.2) is 11.1 Å². The van der Waals surface area contributed by atoms with Crippen LogP contribution in [0.25, 0.3) is 11.1 Å². The summed E-state index contributed by atoms with van der Waals surface area (Å²) in [6, 6.07) is 10.2. The molecule has 86 valence electrons. The van der Waals surface area contributed by atoms with Crippen LogP contribution in [0.2, 0.25) is 5.02 Å². The van der Waals surface area contributed by atoms with Crippen molar-refractivity contribution in [2.75, 3.05) is 0 Å². The Morgan fingerprint density at radius 2 is 1.76 bits per heavy atom. The topological polar surface area (TPSA) is 37.3 Å². The molecule has 0 radical (unpaired) electrons. The quantitative estimate of drug-likeness (QED) is 0.879. The van der Waals surface area contributed by atoms with E-state index in [-0.39, 0.29) is 11.4 Å². The van der Waals surface area contributed by atoms with E-state index in [2.05, 4.69) is 0 Å². The summed E-state index contributed by atoms with van der Waals surface area (Å²) >= 11 is 5.99. The highest BCUT2D eigenvalue weighted by molar-refractivity contribution is 6.34. The van der Waals surface area contributed by atoms with Crippen molar-refractivity contribution in [1.82, 2.24) is 0 Å². The number of halogens is 2. The third-order valence-electron chi connectivity index (χ3n) is 2.38. The highest BCUT2D eigenvalue weighted by atomic mass is 35.5. The van der Waals surface area contributed by atoms with Gasteiger partial charge in [0.2, 0.25) is 0 Å². The van der Waals surface area contributed by atoms with Crippen LogP contribution < -0.4 is 0 Å². The Labute approximate surface area is 102 Å². The van der Waals surface area contributed by atoms with Gasteiger partial charge in [-0.05, 0) is 29.8 Å². The molecule has 0 fully saturated rings. The van der Waals surface area contributed by atoms with E-state index in [9.17, 15) is 9.18 Å². The number of rotatable bonds is 2. The van der Waals surface area contributed by atoms with Crippen LogP contribution in [0.4, 0.5) is 4.39 Å². The average molecular weight is 251 g/mol. The lowest BCUT2D eigenvalue weighted by Crippen LogP contribution is -1.99. The first kappa shape index (κ1) is 11.6. The SMILES string of the molecule is O=C(O)c1cccc(Cl)c1-c1ccc(F)cc1. The molecule has 0 saturated heterocycles. The van der Waals surface area contributed by atoms with Crippen molar-refractivity contribution >= 4 is 17.6 Å².